The Balaban J connectivity index is 1.77. The summed E-state index contributed by atoms with van der Waals surface area (Å²) in [5.74, 6) is 0.883. The number of methoxy groups -OCH3 is 1. The normalized spacial score (nSPS) is 18.9. The van der Waals surface area contributed by atoms with E-state index in [2.05, 4.69) is 34.2 Å². The lowest BCUT2D eigenvalue weighted by molar-refractivity contribution is 0.149. The second-order valence-electron chi connectivity index (χ2n) is 5.52. The topological polar surface area (TPSA) is 55.2 Å². The predicted molar refractivity (Wildman–Crippen MR) is 80.3 cm³/mol. The van der Waals surface area contributed by atoms with Crippen molar-refractivity contribution in [3.63, 3.8) is 0 Å². The lowest BCUT2D eigenvalue weighted by Crippen LogP contribution is -2.13. The minimum absolute atomic E-state index is 0.394. The van der Waals surface area contributed by atoms with Gasteiger partial charge in [0.15, 0.2) is 0 Å². The van der Waals surface area contributed by atoms with Gasteiger partial charge in [-0.1, -0.05) is 24.3 Å². The van der Waals surface area contributed by atoms with Crippen molar-refractivity contribution in [1.82, 2.24) is 9.97 Å². The van der Waals surface area contributed by atoms with Crippen LogP contribution in [-0.2, 0) is 6.42 Å². The van der Waals surface area contributed by atoms with Crippen molar-refractivity contribution in [3.8, 4) is 5.88 Å². The van der Waals surface area contributed by atoms with E-state index in [-0.39, 0.29) is 0 Å². The first-order valence-corrected chi connectivity index (χ1v) is 7.39. The summed E-state index contributed by atoms with van der Waals surface area (Å²) in [5, 5.41) is 10.5. The predicted octanol–water partition coefficient (Wildman–Crippen LogP) is 3.03. The zero-order chi connectivity index (χ0) is 14.7. The maximum Gasteiger partial charge on any atom is 0.216 e. The quantitative estimate of drug-likeness (QED) is 0.937. The Morgan fingerprint density at radius 1 is 1.33 bits per heavy atom. The molecule has 0 saturated carbocycles. The molecule has 21 heavy (non-hydrogen) atoms. The van der Waals surface area contributed by atoms with Gasteiger partial charge in [0.2, 0.25) is 5.88 Å². The molecule has 1 aliphatic rings. The molecule has 2 atom stereocenters. The second-order valence-corrected chi connectivity index (χ2v) is 5.52. The lowest BCUT2D eigenvalue weighted by atomic mass is 9.79. The van der Waals surface area contributed by atoms with Crippen LogP contribution < -0.4 is 4.74 Å². The van der Waals surface area contributed by atoms with Crippen LogP contribution in [0.2, 0.25) is 0 Å². The molecule has 0 radical (unpaired) electrons. The van der Waals surface area contributed by atoms with Crippen molar-refractivity contribution in [2.24, 2.45) is 0 Å². The van der Waals surface area contributed by atoms with Gasteiger partial charge in [-0.15, -0.1) is 0 Å². The number of aromatic nitrogens is 2. The lowest BCUT2D eigenvalue weighted by Gasteiger charge is -2.27. The van der Waals surface area contributed by atoms with Gasteiger partial charge >= 0.3 is 0 Å². The van der Waals surface area contributed by atoms with Gasteiger partial charge in [0.05, 0.1) is 18.9 Å². The van der Waals surface area contributed by atoms with Crippen molar-refractivity contribution in [2.75, 3.05) is 7.11 Å². The summed E-state index contributed by atoms with van der Waals surface area (Å²) in [6.45, 7) is 0. The minimum Gasteiger partial charge on any atom is -0.481 e. The van der Waals surface area contributed by atoms with E-state index in [4.69, 9.17) is 4.74 Å². The van der Waals surface area contributed by atoms with Gasteiger partial charge in [0.25, 0.3) is 0 Å². The van der Waals surface area contributed by atoms with Gasteiger partial charge < -0.3 is 9.84 Å². The Morgan fingerprint density at radius 2 is 2.19 bits per heavy atom. The van der Waals surface area contributed by atoms with Crippen LogP contribution in [0.5, 0.6) is 5.88 Å². The van der Waals surface area contributed by atoms with E-state index in [1.165, 1.54) is 23.9 Å². The zero-order valence-electron chi connectivity index (χ0n) is 12.2. The number of aliphatic hydroxyl groups is 1. The number of fused-ring (bicyclic) bond motifs is 1. The van der Waals surface area contributed by atoms with Crippen LogP contribution in [0.3, 0.4) is 0 Å². The number of benzene rings is 1. The first-order chi connectivity index (χ1) is 10.3. The van der Waals surface area contributed by atoms with Crippen molar-refractivity contribution in [2.45, 2.75) is 37.7 Å². The van der Waals surface area contributed by atoms with Crippen LogP contribution >= 0.6 is 0 Å². The largest absolute Gasteiger partial charge is 0.481 e. The van der Waals surface area contributed by atoms with Gasteiger partial charge in [-0.05, 0) is 42.7 Å². The smallest absolute Gasteiger partial charge is 0.216 e. The van der Waals surface area contributed by atoms with Crippen LogP contribution in [0.4, 0.5) is 0 Å². The number of aryl methyl sites for hydroxylation is 1. The molecule has 110 valence electrons. The van der Waals surface area contributed by atoms with E-state index in [9.17, 15) is 5.11 Å². The molecule has 0 spiro atoms. The molecule has 2 unspecified atom stereocenters. The molecule has 1 N–H and O–H groups in total. The molecule has 1 aliphatic carbocycles. The molecule has 4 nitrogen and oxygen atoms in total. The van der Waals surface area contributed by atoms with Crippen LogP contribution in [-0.4, -0.2) is 22.2 Å². The Kier molecular flexibility index (Phi) is 4.15. The Labute approximate surface area is 124 Å². The number of hydrogen-bond acceptors (Lipinski definition) is 4. The highest BCUT2D eigenvalue weighted by Crippen LogP contribution is 2.37. The molecule has 0 aliphatic heterocycles. The van der Waals surface area contributed by atoms with E-state index >= 15 is 0 Å². The third-order valence-corrected chi connectivity index (χ3v) is 4.22. The van der Waals surface area contributed by atoms with Crippen molar-refractivity contribution < 1.29 is 9.84 Å². The van der Waals surface area contributed by atoms with Crippen LogP contribution in [0, 0.1) is 0 Å². The van der Waals surface area contributed by atoms with Crippen LogP contribution in [0.15, 0.2) is 36.7 Å². The van der Waals surface area contributed by atoms with Gasteiger partial charge in [0.1, 0.15) is 6.33 Å². The Morgan fingerprint density at radius 3 is 3.05 bits per heavy atom. The molecule has 2 aromatic rings. The van der Waals surface area contributed by atoms with Crippen molar-refractivity contribution in [1.29, 1.82) is 0 Å². The molecule has 1 heterocycles. The fourth-order valence-electron chi connectivity index (χ4n) is 3.14. The fourth-order valence-corrected chi connectivity index (χ4v) is 3.14. The SMILES string of the molecule is COc1cc(C(O)CC2CCCc3ccccc32)ncn1. The highest BCUT2D eigenvalue weighted by Gasteiger charge is 2.23. The Bertz CT molecular complexity index is 615. The maximum atomic E-state index is 10.5. The van der Waals surface area contributed by atoms with Crippen molar-refractivity contribution >= 4 is 0 Å². The summed E-state index contributed by atoms with van der Waals surface area (Å²) < 4.78 is 5.09. The molecule has 1 aromatic heterocycles. The summed E-state index contributed by atoms with van der Waals surface area (Å²) in [6.07, 6.45) is 4.99. The van der Waals surface area contributed by atoms with E-state index < -0.39 is 6.10 Å². The third-order valence-electron chi connectivity index (χ3n) is 4.22. The molecule has 1 aromatic carbocycles. The van der Waals surface area contributed by atoms with E-state index in [1.807, 2.05) is 0 Å². The van der Waals surface area contributed by atoms with E-state index in [0.717, 1.165) is 12.8 Å². The second kappa shape index (κ2) is 6.22. The summed E-state index contributed by atoms with van der Waals surface area (Å²) in [6, 6.07) is 10.3. The molecule has 0 bridgehead atoms. The molecule has 0 amide bonds. The van der Waals surface area contributed by atoms with Gasteiger partial charge in [-0.3, -0.25) is 0 Å². The number of nitrogens with zero attached hydrogens (tertiary/aromatic N) is 2. The summed E-state index contributed by atoms with van der Waals surface area (Å²) >= 11 is 0. The van der Waals surface area contributed by atoms with Crippen LogP contribution in [0.1, 0.15) is 48.1 Å². The fraction of sp³-hybridized carbons (Fsp3) is 0.412. The van der Waals surface area contributed by atoms with Crippen molar-refractivity contribution in [3.05, 3.63) is 53.5 Å². The molecular formula is C17H20N2O2. The summed E-state index contributed by atoms with van der Waals surface area (Å²) in [5.41, 5.74) is 3.43. The van der Waals surface area contributed by atoms with Gasteiger partial charge in [-0.25, -0.2) is 9.97 Å². The van der Waals surface area contributed by atoms with E-state index in [0.29, 0.717) is 23.9 Å². The number of ether oxygens (including phenoxy) is 1. The highest BCUT2D eigenvalue weighted by atomic mass is 16.5. The highest BCUT2D eigenvalue weighted by molar-refractivity contribution is 5.33. The first kappa shape index (κ1) is 14.0. The number of aliphatic hydroxyl groups excluding tert-OH is 1. The monoisotopic (exact) mass is 284 g/mol. The third kappa shape index (κ3) is 3.05. The number of rotatable bonds is 4. The average molecular weight is 284 g/mol. The molecule has 0 saturated heterocycles. The molecule has 0 fully saturated rings. The van der Waals surface area contributed by atoms with Crippen LogP contribution in [0.25, 0.3) is 0 Å². The first-order valence-electron chi connectivity index (χ1n) is 7.39. The summed E-state index contributed by atoms with van der Waals surface area (Å²) in [7, 11) is 1.57. The van der Waals surface area contributed by atoms with E-state index in [1.54, 1.807) is 13.2 Å². The molecular weight excluding hydrogens is 264 g/mol. The standard InChI is InChI=1S/C17H20N2O2/c1-21-17-10-15(18-11-19-17)16(20)9-13-7-4-6-12-5-2-3-8-14(12)13/h2-3,5,8,10-11,13,16,20H,4,6-7,9H2,1H3. The molecule has 4 heteroatoms. The minimum atomic E-state index is -0.585. The average Bonchev–Trinajstić information content (AvgIpc) is 2.55. The zero-order valence-corrected chi connectivity index (χ0v) is 12.2. The maximum absolute atomic E-state index is 10.5. The number of hydrogen-bond donors (Lipinski definition) is 1. The molecule has 3 rings (SSSR count). The Hall–Kier alpha value is -1.94. The van der Waals surface area contributed by atoms with Gasteiger partial charge in [-0.2, -0.15) is 0 Å². The summed E-state index contributed by atoms with van der Waals surface area (Å²) in [4.78, 5) is 8.15. The van der Waals surface area contributed by atoms with Gasteiger partial charge in [0, 0.05) is 6.07 Å².